The number of para-hydroxylation sites is 1. The van der Waals surface area contributed by atoms with Crippen molar-refractivity contribution in [2.45, 2.75) is 31.6 Å². The second kappa shape index (κ2) is 7.94. The van der Waals surface area contributed by atoms with Crippen LogP contribution in [0.5, 0.6) is 0 Å². The minimum atomic E-state index is -0.590. The third-order valence-corrected chi connectivity index (χ3v) is 5.28. The fourth-order valence-electron chi connectivity index (χ4n) is 3.74. The smallest absolute Gasteiger partial charge is 0.235 e. The van der Waals surface area contributed by atoms with Gasteiger partial charge in [-0.2, -0.15) is 4.98 Å². The van der Waals surface area contributed by atoms with E-state index >= 15 is 0 Å². The summed E-state index contributed by atoms with van der Waals surface area (Å²) in [6.07, 6.45) is 1.79. The third-order valence-electron chi connectivity index (χ3n) is 5.28. The minimum Gasteiger partial charge on any atom is -0.381 e. The summed E-state index contributed by atoms with van der Waals surface area (Å²) in [4.78, 5) is 17.8. The van der Waals surface area contributed by atoms with Gasteiger partial charge >= 0.3 is 0 Å². The van der Waals surface area contributed by atoms with Crippen LogP contribution in [-0.2, 0) is 21.4 Å². The van der Waals surface area contributed by atoms with Crippen LogP contribution >= 0.6 is 0 Å². The number of benzene rings is 2. The average Bonchev–Trinajstić information content (AvgIpc) is 3.15. The Kier molecular flexibility index (Phi) is 5.21. The van der Waals surface area contributed by atoms with Crippen LogP contribution in [0.2, 0.25) is 0 Å². The Hall–Kier alpha value is -2.99. The molecule has 0 aliphatic carbocycles. The van der Waals surface area contributed by atoms with E-state index in [0.29, 0.717) is 44.2 Å². The first kappa shape index (κ1) is 18.4. The van der Waals surface area contributed by atoms with Crippen molar-refractivity contribution in [2.75, 3.05) is 18.5 Å². The van der Waals surface area contributed by atoms with Gasteiger partial charge in [0.05, 0.1) is 11.8 Å². The van der Waals surface area contributed by atoms with Gasteiger partial charge in [0, 0.05) is 18.9 Å². The van der Waals surface area contributed by atoms with Gasteiger partial charge in [0.1, 0.15) is 0 Å². The van der Waals surface area contributed by atoms with E-state index in [1.165, 1.54) is 0 Å². The van der Waals surface area contributed by atoms with Crippen molar-refractivity contribution in [2.24, 2.45) is 0 Å². The van der Waals surface area contributed by atoms with Crippen molar-refractivity contribution in [3.63, 3.8) is 0 Å². The van der Waals surface area contributed by atoms with Crippen molar-refractivity contribution in [3.05, 3.63) is 77.4 Å². The lowest BCUT2D eigenvalue weighted by atomic mass is 9.73. The van der Waals surface area contributed by atoms with E-state index in [1.807, 2.05) is 54.6 Å². The maximum atomic E-state index is 13.5. The van der Waals surface area contributed by atoms with Gasteiger partial charge in [-0.05, 0) is 37.0 Å². The van der Waals surface area contributed by atoms with E-state index in [2.05, 4.69) is 15.5 Å². The molecule has 1 aliphatic rings. The maximum absolute atomic E-state index is 13.5. The van der Waals surface area contributed by atoms with Crippen LogP contribution in [0.15, 0.2) is 59.1 Å². The second-order valence-corrected chi connectivity index (χ2v) is 7.08. The Balaban J connectivity index is 1.62. The normalized spacial score (nSPS) is 15.9. The van der Waals surface area contributed by atoms with Crippen molar-refractivity contribution in [3.8, 4) is 0 Å². The highest BCUT2D eigenvalue weighted by molar-refractivity contribution is 5.99. The van der Waals surface area contributed by atoms with Gasteiger partial charge < -0.3 is 14.6 Å². The minimum absolute atomic E-state index is 0.00356. The zero-order valence-electron chi connectivity index (χ0n) is 15.9. The topological polar surface area (TPSA) is 77.2 Å². The summed E-state index contributed by atoms with van der Waals surface area (Å²) >= 11 is 0. The van der Waals surface area contributed by atoms with Crippen LogP contribution in [0.25, 0.3) is 0 Å². The van der Waals surface area contributed by atoms with E-state index in [0.717, 1.165) is 16.8 Å². The number of rotatable bonds is 5. The highest BCUT2D eigenvalue weighted by atomic mass is 16.5. The van der Waals surface area contributed by atoms with E-state index in [4.69, 9.17) is 9.26 Å². The standard InChI is InChI=1S/C22H23N3O3/c1-16-23-20(28-25-16)15-17-7-5-6-10-19(17)24-21(26)22(11-13-27-14-12-22)18-8-3-2-4-9-18/h2-10H,11-15H2,1H3,(H,24,26). The molecule has 2 aromatic carbocycles. The molecule has 0 spiro atoms. The summed E-state index contributed by atoms with van der Waals surface area (Å²) in [5.41, 5.74) is 2.15. The van der Waals surface area contributed by atoms with Crippen LogP contribution < -0.4 is 5.32 Å². The fraction of sp³-hybridized carbons (Fsp3) is 0.318. The maximum Gasteiger partial charge on any atom is 0.235 e. The van der Waals surface area contributed by atoms with Gasteiger partial charge in [0.25, 0.3) is 0 Å². The molecule has 1 amide bonds. The molecule has 1 aliphatic heterocycles. The Morgan fingerprint density at radius 2 is 1.79 bits per heavy atom. The molecule has 6 nitrogen and oxygen atoms in total. The van der Waals surface area contributed by atoms with Crippen LogP contribution in [0, 0.1) is 6.92 Å². The van der Waals surface area contributed by atoms with Crippen molar-refractivity contribution in [1.29, 1.82) is 0 Å². The molecular weight excluding hydrogens is 354 g/mol. The lowest BCUT2D eigenvalue weighted by Crippen LogP contribution is -2.45. The summed E-state index contributed by atoms with van der Waals surface area (Å²) in [6, 6.07) is 17.7. The number of carbonyl (C=O) groups is 1. The number of nitrogens with zero attached hydrogens (tertiary/aromatic N) is 2. The summed E-state index contributed by atoms with van der Waals surface area (Å²) < 4.78 is 10.8. The summed E-state index contributed by atoms with van der Waals surface area (Å²) in [5, 5.41) is 7.00. The van der Waals surface area contributed by atoms with Crippen LogP contribution in [0.1, 0.15) is 35.7 Å². The van der Waals surface area contributed by atoms with Gasteiger partial charge in [-0.1, -0.05) is 53.7 Å². The lowest BCUT2D eigenvalue weighted by Gasteiger charge is -2.36. The van der Waals surface area contributed by atoms with E-state index < -0.39 is 5.41 Å². The number of aromatic nitrogens is 2. The van der Waals surface area contributed by atoms with Gasteiger partial charge in [0.15, 0.2) is 5.82 Å². The highest BCUT2D eigenvalue weighted by Crippen LogP contribution is 2.36. The molecule has 1 saturated heterocycles. The first-order valence-electron chi connectivity index (χ1n) is 9.49. The monoisotopic (exact) mass is 377 g/mol. The molecule has 0 saturated carbocycles. The van der Waals surface area contributed by atoms with Gasteiger partial charge in [-0.25, -0.2) is 0 Å². The SMILES string of the molecule is Cc1noc(Cc2ccccc2NC(=O)C2(c3ccccc3)CCOCC2)n1. The zero-order valence-corrected chi connectivity index (χ0v) is 15.9. The van der Waals surface area contributed by atoms with Crippen LogP contribution in [0.4, 0.5) is 5.69 Å². The predicted octanol–water partition coefficient (Wildman–Crippen LogP) is 3.66. The first-order chi connectivity index (χ1) is 13.7. The molecule has 1 N–H and O–H groups in total. The molecule has 0 radical (unpaired) electrons. The Morgan fingerprint density at radius 1 is 1.07 bits per heavy atom. The van der Waals surface area contributed by atoms with Crippen LogP contribution in [-0.4, -0.2) is 29.3 Å². The second-order valence-electron chi connectivity index (χ2n) is 7.08. The highest BCUT2D eigenvalue weighted by Gasteiger charge is 2.41. The molecule has 4 rings (SSSR count). The predicted molar refractivity (Wildman–Crippen MR) is 105 cm³/mol. The number of amides is 1. The van der Waals surface area contributed by atoms with Crippen molar-refractivity contribution >= 4 is 11.6 Å². The molecule has 28 heavy (non-hydrogen) atoms. The molecule has 3 aromatic rings. The van der Waals surface area contributed by atoms with E-state index in [1.54, 1.807) is 6.92 Å². The number of nitrogens with one attached hydrogen (secondary N) is 1. The Labute approximate surface area is 163 Å². The Morgan fingerprint density at radius 3 is 2.50 bits per heavy atom. The number of ether oxygens (including phenoxy) is 1. The molecule has 1 fully saturated rings. The van der Waals surface area contributed by atoms with Crippen molar-refractivity contribution < 1.29 is 14.1 Å². The molecule has 0 atom stereocenters. The number of hydrogen-bond acceptors (Lipinski definition) is 5. The fourth-order valence-corrected chi connectivity index (χ4v) is 3.74. The number of hydrogen-bond donors (Lipinski definition) is 1. The lowest BCUT2D eigenvalue weighted by molar-refractivity contribution is -0.125. The molecule has 0 bridgehead atoms. The average molecular weight is 377 g/mol. The van der Waals surface area contributed by atoms with E-state index in [-0.39, 0.29) is 5.91 Å². The summed E-state index contributed by atoms with van der Waals surface area (Å²) in [5.74, 6) is 1.13. The summed E-state index contributed by atoms with van der Waals surface area (Å²) in [6.45, 7) is 2.94. The number of aryl methyl sites for hydroxylation is 1. The summed E-state index contributed by atoms with van der Waals surface area (Å²) in [7, 11) is 0. The largest absolute Gasteiger partial charge is 0.381 e. The molecule has 0 unspecified atom stereocenters. The molecule has 2 heterocycles. The van der Waals surface area contributed by atoms with Crippen molar-refractivity contribution in [1.82, 2.24) is 10.1 Å². The van der Waals surface area contributed by atoms with Gasteiger partial charge in [-0.15, -0.1) is 0 Å². The van der Waals surface area contributed by atoms with Gasteiger partial charge in [-0.3, -0.25) is 4.79 Å². The number of anilines is 1. The Bertz CT molecular complexity index is 946. The molecule has 1 aromatic heterocycles. The first-order valence-corrected chi connectivity index (χ1v) is 9.49. The zero-order chi connectivity index (χ0) is 19.4. The molecule has 144 valence electrons. The van der Waals surface area contributed by atoms with Crippen LogP contribution in [0.3, 0.4) is 0 Å². The van der Waals surface area contributed by atoms with Gasteiger partial charge in [0.2, 0.25) is 11.8 Å². The third kappa shape index (κ3) is 3.68. The quantitative estimate of drug-likeness (QED) is 0.734. The molecular formula is C22H23N3O3. The number of carbonyl (C=O) groups excluding carboxylic acids is 1. The van der Waals surface area contributed by atoms with E-state index in [9.17, 15) is 4.79 Å². The molecule has 6 heteroatoms.